The molecule has 38 heavy (non-hydrogen) atoms. The van der Waals surface area contributed by atoms with Crippen molar-refractivity contribution < 1.29 is 9.90 Å². The van der Waals surface area contributed by atoms with Crippen molar-refractivity contribution in [3.05, 3.63) is 82.1 Å². The number of nitrogens with one attached hydrogen (secondary N) is 1. The monoisotopic (exact) mass is 511 g/mol. The summed E-state index contributed by atoms with van der Waals surface area (Å²) >= 11 is 0. The molecule has 0 unspecified atom stereocenters. The third-order valence-corrected chi connectivity index (χ3v) is 7.47. The molecule has 5 heterocycles. The number of carbonyl (C=O) groups excluding carboxylic acids is 1. The van der Waals surface area contributed by atoms with Gasteiger partial charge in [0.05, 0.1) is 6.61 Å². The Morgan fingerprint density at radius 2 is 1.87 bits per heavy atom. The molecule has 194 valence electrons. The summed E-state index contributed by atoms with van der Waals surface area (Å²) in [5.74, 6) is 0.801. The zero-order chi connectivity index (χ0) is 26.6. The second-order valence-corrected chi connectivity index (χ2v) is 10.7. The first-order valence-corrected chi connectivity index (χ1v) is 12.6. The van der Waals surface area contributed by atoms with Gasteiger partial charge in [0.1, 0.15) is 29.3 Å². The quantitative estimate of drug-likeness (QED) is 0.423. The summed E-state index contributed by atoms with van der Waals surface area (Å²) in [6, 6.07) is 7.20. The Balaban J connectivity index is 1.50. The minimum atomic E-state index is -0.306. The number of hydrogen-bond donors (Lipinski definition) is 2. The van der Waals surface area contributed by atoms with Crippen LogP contribution in [0.15, 0.2) is 54.0 Å². The van der Waals surface area contributed by atoms with Gasteiger partial charge < -0.3 is 15.0 Å². The smallest absolute Gasteiger partial charge is 0.276 e. The summed E-state index contributed by atoms with van der Waals surface area (Å²) in [7, 11) is 1.66. The number of carbonyl (C=O) groups is 1. The molecule has 0 aromatic carbocycles. The van der Waals surface area contributed by atoms with Gasteiger partial charge in [0.2, 0.25) is 0 Å². The van der Waals surface area contributed by atoms with Crippen LogP contribution >= 0.6 is 0 Å². The zero-order valence-electron chi connectivity index (χ0n) is 21.6. The molecule has 1 aliphatic carbocycles. The van der Waals surface area contributed by atoms with E-state index in [2.05, 4.69) is 38.7 Å². The second kappa shape index (κ2) is 8.91. The average molecular weight is 512 g/mol. The van der Waals surface area contributed by atoms with Crippen molar-refractivity contribution >= 4 is 23.2 Å². The molecule has 1 amide bonds. The molecule has 1 aliphatic heterocycles. The van der Waals surface area contributed by atoms with E-state index in [1.54, 1.807) is 48.7 Å². The minimum absolute atomic E-state index is 0.143. The Hall–Kier alpha value is -4.31. The van der Waals surface area contributed by atoms with Crippen LogP contribution < -0.4 is 15.8 Å². The lowest BCUT2D eigenvalue weighted by molar-refractivity contribution is 0.0962. The maximum atomic E-state index is 14.0. The highest BCUT2D eigenvalue weighted by Crippen LogP contribution is 2.41. The number of pyridine rings is 2. The molecule has 0 radical (unpaired) electrons. The van der Waals surface area contributed by atoms with Gasteiger partial charge in [-0.25, -0.2) is 9.97 Å². The van der Waals surface area contributed by atoms with Gasteiger partial charge in [-0.05, 0) is 53.6 Å². The van der Waals surface area contributed by atoms with Gasteiger partial charge >= 0.3 is 0 Å². The van der Waals surface area contributed by atoms with Crippen LogP contribution in [0.1, 0.15) is 41.2 Å². The van der Waals surface area contributed by atoms with E-state index in [-0.39, 0.29) is 23.5 Å². The van der Waals surface area contributed by atoms with Crippen molar-refractivity contribution in [3.8, 4) is 11.1 Å². The highest BCUT2D eigenvalue weighted by atomic mass is 16.3. The van der Waals surface area contributed by atoms with Gasteiger partial charge in [-0.3, -0.25) is 24.0 Å². The third-order valence-electron chi connectivity index (χ3n) is 7.47. The lowest BCUT2D eigenvalue weighted by Gasteiger charge is -2.33. The van der Waals surface area contributed by atoms with Gasteiger partial charge in [-0.1, -0.05) is 13.8 Å². The van der Waals surface area contributed by atoms with Gasteiger partial charge in [0, 0.05) is 55.5 Å². The highest BCUT2D eigenvalue weighted by molar-refractivity contribution is 6.08. The van der Waals surface area contributed by atoms with E-state index in [1.165, 1.54) is 22.2 Å². The zero-order valence-corrected chi connectivity index (χ0v) is 21.6. The molecule has 4 aromatic rings. The van der Waals surface area contributed by atoms with E-state index < -0.39 is 0 Å². The molecule has 4 aromatic heterocycles. The van der Waals surface area contributed by atoms with Gasteiger partial charge in [-0.15, -0.1) is 0 Å². The number of aliphatic hydroxyl groups excluding tert-OH is 1. The molecule has 6 rings (SSSR count). The molecule has 2 aliphatic rings. The predicted molar refractivity (Wildman–Crippen MR) is 143 cm³/mol. The number of rotatable bonds is 5. The fourth-order valence-electron chi connectivity index (χ4n) is 5.77. The van der Waals surface area contributed by atoms with Gasteiger partial charge in [0.25, 0.3) is 11.5 Å². The summed E-state index contributed by atoms with van der Waals surface area (Å²) in [6.07, 6.45) is 8.10. The third kappa shape index (κ3) is 3.88. The summed E-state index contributed by atoms with van der Waals surface area (Å²) in [5, 5.41) is 13.2. The maximum Gasteiger partial charge on any atom is 0.276 e. The molecular weight excluding hydrogens is 482 g/mol. The Bertz CT molecular complexity index is 1620. The Kier molecular flexibility index (Phi) is 5.64. The highest BCUT2D eigenvalue weighted by Gasteiger charge is 2.38. The van der Waals surface area contributed by atoms with E-state index in [0.29, 0.717) is 52.8 Å². The van der Waals surface area contributed by atoms with Crippen molar-refractivity contribution in [3.63, 3.8) is 0 Å². The number of hydrogen-bond acceptors (Lipinski definition) is 7. The summed E-state index contributed by atoms with van der Waals surface area (Å²) in [5.41, 5.74) is 5.22. The largest absolute Gasteiger partial charge is 0.392 e. The van der Waals surface area contributed by atoms with Crippen molar-refractivity contribution in [2.24, 2.45) is 12.5 Å². The van der Waals surface area contributed by atoms with Crippen LogP contribution in [0.4, 0.5) is 17.3 Å². The summed E-state index contributed by atoms with van der Waals surface area (Å²) in [4.78, 5) is 41.5. The first-order chi connectivity index (χ1) is 18.3. The first-order valence-electron chi connectivity index (χ1n) is 12.6. The molecule has 0 spiro atoms. The lowest BCUT2D eigenvalue weighted by atomic mass is 9.90. The van der Waals surface area contributed by atoms with Crippen molar-refractivity contribution in [2.45, 2.75) is 39.8 Å². The molecule has 2 N–H and O–H groups in total. The fraction of sp³-hybridized carbons (Fsp3) is 0.321. The topological polar surface area (TPSA) is 118 Å². The van der Waals surface area contributed by atoms with E-state index in [0.717, 1.165) is 12.8 Å². The van der Waals surface area contributed by atoms with Crippen molar-refractivity contribution in [2.75, 3.05) is 16.8 Å². The number of anilines is 3. The number of fused-ring (bicyclic) bond motifs is 3. The van der Waals surface area contributed by atoms with Crippen LogP contribution in [-0.4, -0.2) is 41.6 Å². The van der Waals surface area contributed by atoms with E-state index in [1.807, 2.05) is 6.07 Å². The standard InChI is InChI=1S/C28H29N7O3/c1-28(2)12-17-10-22-27(38)35(9-8-34(22)23(17)13-28)25-20(19-4-6-29-14-18(19)15-36)11-21(26(37)33(25)3)32-24-5-7-30-16-31-24/h4-7,10-11,14,16,36H,8-9,12-13,15H2,1-3H3,(H,30,31,32). The number of aromatic nitrogens is 5. The van der Waals surface area contributed by atoms with E-state index in [9.17, 15) is 14.7 Å². The summed E-state index contributed by atoms with van der Waals surface area (Å²) < 4.78 is 3.64. The maximum absolute atomic E-state index is 14.0. The van der Waals surface area contributed by atoms with Crippen LogP contribution in [0.25, 0.3) is 11.1 Å². The first kappa shape index (κ1) is 24.1. The molecule has 0 saturated carbocycles. The van der Waals surface area contributed by atoms with Crippen LogP contribution in [0.5, 0.6) is 0 Å². The molecule has 0 bridgehead atoms. The Labute approximate surface area is 219 Å². The van der Waals surface area contributed by atoms with Crippen molar-refractivity contribution in [1.82, 2.24) is 24.1 Å². The van der Waals surface area contributed by atoms with E-state index >= 15 is 0 Å². The SMILES string of the molecule is Cn1c(N2CCn3c(cc4c3CC(C)(C)C4)C2=O)c(-c2ccncc2CO)cc(Nc2ccncn2)c1=O. The van der Waals surface area contributed by atoms with Crippen LogP contribution in [0.2, 0.25) is 0 Å². The molecule has 0 saturated heterocycles. The molecule has 0 fully saturated rings. The molecular formula is C28H29N7O3. The average Bonchev–Trinajstić information content (AvgIpc) is 3.40. The fourth-order valence-corrected chi connectivity index (χ4v) is 5.77. The van der Waals surface area contributed by atoms with Crippen LogP contribution in [-0.2, 0) is 33.0 Å². The van der Waals surface area contributed by atoms with Crippen LogP contribution in [0, 0.1) is 5.41 Å². The van der Waals surface area contributed by atoms with Crippen molar-refractivity contribution in [1.29, 1.82) is 0 Å². The van der Waals surface area contributed by atoms with E-state index in [4.69, 9.17) is 0 Å². The second-order valence-electron chi connectivity index (χ2n) is 10.7. The number of amides is 1. The number of nitrogens with zero attached hydrogens (tertiary/aromatic N) is 6. The lowest BCUT2D eigenvalue weighted by Crippen LogP contribution is -2.43. The molecule has 0 atom stereocenters. The van der Waals surface area contributed by atoms with Gasteiger partial charge in [0.15, 0.2) is 0 Å². The van der Waals surface area contributed by atoms with Crippen LogP contribution in [0.3, 0.4) is 0 Å². The Morgan fingerprint density at radius 3 is 2.63 bits per heavy atom. The summed E-state index contributed by atoms with van der Waals surface area (Å²) in [6.45, 7) is 5.34. The molecule has 10 heteroatoms. The van der Waals surface area contributed by atoms with Gasteiger partial charge in [-0.2, -0.15) is 0 Å². The Morgan fingerprint density at radius 1 is 1.05 bits per heavy atom. The normalized spacial score (nSPS) is 15.9. The predicted octanol–water partition coefficient (Wildman–Crippen LogP) is 3.06. The minimum Gasteiger partial charge on any atom is -0.392 e. The molecule has 10 nitrogen and oxygen atoms in total. The number of aliphatic hydroxyl groups is 1.